The molecule has 0 heterocycles. The lowest BCUT2D eigenvalue weighted by Crippen LogP contribution is -2.01. The number of rotatable bonds is 3. The minimum absolute atomic E-state index is 0.144. The number of alkyl halides is 1. The van der Waals surface area contributed by atoms with Gasteiger partial charge in [0.1, 0.15) is 5.82 Å². The van der Waals surface area contributed by atoms with Gasteiger partial charge < -0.3 is 4.74 Å². The normalized spacial score (nSPS) is 12.3. The van der Waals surface area contributed by atoms with Crippen LogP contribution in [0.5, 0.6) is 5.75 Å². The number of methoxy groups -OCH3 is 1. The van der Waals surface area contributed by atoms with Crippen LogP contribution in [0.15, 0.2) is 30.3 Å². The lowest BCUT2D eigenvalue weighted by molar-refractivity contribution is 0.386. The second kappa shape index (κ2) is 5.80. The van der Waals surface area contributed by atoms with Gasteiger partial charge in [-0.15, -0.1) is 11.6 Å². The van der Waals surface area contributed by atoms with Gasteiger partial charge >= 0.3 is 0 Å². The lowest BCUT2D eigenvalue weighted by atomic mass is 9.95. The van der Waals surface area contributed by atoms with Crippen molar-refractivity contribution in [2.75, 3.05) is 7.11 Å². The summed E-state index contributed by atoms with van der Waals surface area (Å²) in [5.74, 6) is -0.581. The maximum absolute atomic E-state index is 13.4. The van der Waals surface area contributed by atoms with Gasteiger partial charge in [-0.05, 0) is 60.4 Å². The van der Waals surface area contributed by atoms with Crippen LogP contribution in [0.25, 0.3) is 0 Å². The molecule has 0 fully saturated rings. The maximum atomic E-state index is 13.4. The van der Waals surface area contributed by atoms with E-state index < -0.39 is 11.2 Å². The molecule has 0 saturated carbocycles. The molecule has 0 saturated heterocycles. The van der Waals surface area contributed by atoms with Crippen LogP contribution in [-0.2, 0) is 0 Å². The Morgan fingerprint density at radius 3 is 2.20 bits per heavy atom. The van der Waals surface area contributed by atoms with E-state index in [1.165, 1.54) is 25.3 Å². The highest BCUT2D eigenvalue weighted by molar-refractivity contribution is 6.22. The highest BCUT2D eigenvalue weighted by Gasteiger charge is 2.18. The number of ether oxygens (including phenoxy) is 1. The standard InChI is InChI=1S/C16H15ClF2O/c1-9-6-12(18)7-10(2)15(9)16(17)11-4-5-13(19)14(8-11)20-3/h4-8,16H,1-3H3. The van der Waals surface area contributed by atoms with Gasteiger partial charge in [0.15, 0.2) is 11.6 Å². The summed E-state index contributed by atoms with van der Waals surface area (Å²) in [6.07, 6.45) is 0. The summed E-state index contributed by atoms with van der Waals surface area (Å²) >= 11 is 6.48. The fourth-order valence-electron chi connectivity index (χ4n) is 2.32. The van der Waals surface area contributed by atoms with Crippen molar-refractivity contribution in [2.24, 2.45) is 0 Å². The summed E-state index contributed by atoms with van der Waals surface area (Å²) in [6.45, 7) is 3.61. The first kappa shape index (κ1) is 14.8. The van der Waals surface area contributed by atoms with E-state index in [4.69, 9.17) is 16.3 Å². The highest BCUT2D eigenvalue weighted by atomic mass is 35.5. The Hall–Kier alpha value is -1.61. The Balaban J connectivity index is 2.49. The van der Waals surface area contributed by atoms with Gasteiger partial charge in [-0.1, -0.05) is 6.07 Å². The molecule has 2 aromatic rings. The average molecular weight is 297 g/mol. The molecule has 1 atom stereocenters. The first-order valence-electron chi connectivity index (χ1n) is 6.18. The molecule has 0 N–H and O–H groups in total. The lowest BCUT2D eigenvalue weighted by Gasteiger charge is -2.17. The van der Waals surface area contributed by atoms with Crippen LogP contribution in [0.2, 0.25) is 0 Å². The molecule has 2 aromatic carbocycles. The van der Waals surface area contributed by atoms with Gasteiger partial charge in [0, 0.05) is 0 Å². The first-order chi connectivity index (χ1) is 9.43. The van der Waals surface area contributed by atoms with Crippen molar-refractivity contribution in [3.05, 3.63) is 64.2 Å². The molecule has 0 amide bonds. The highest BCUT2D eigenvalue weighted by Crippen LogP contribution is 2.35. The van der Waals surface area contributed by atoms with Crippen molar-refractivity contribution in [3.8, 4) is 5.75 Å². The largest absolute Gasteiger partial charge is 0.494 e. The Labute approximate surface area is 122 Å². The smallest absolute Gasteiger partial charge is 0.165 e. The minimum Gasteiger partial charge on any atom is -0.494 e. The molecule has 0 spiro atoms. The molecule has 0 bridgehead atoms. The van der Waals surface area contributed by atoms with Crippen LogP contribution in [0.3, 0.4) is 0 Å². The van der Waals surface area contributed by atoms with Crippen LogP contribution in [-0.4, -0.2) is 7.11 Å². The molecule has 4 heteroatoms. The third-order valence-electron chi connectivity index (χ3n) is 3.28. The van der Waals surface area contributed by atoms with Crippen molar-refractivity contribution in [1.29, 1.82) is 0 Å². The maximum Gasteiger partial charge on any atom is 0.165 e. The van der Waals surface area contributed by atoms with Crippen LogP contribution in [0, 0.1) is 25.5 Å². The molecule has 0 aromatic heterocycles. The Morgan fingerprint density at radius 2 is 1.65 bits per heavy atom. The van der Waals surface area contributed by atoms with E-state index in [1.54, 1.807) is 12.1 Å². The summed E-state index contributed by atoms with van der Waals surface area (Å²) in [6, 6.07) is 7.38. The van der Waals surface area contributed by atoms with E-state index in [1.807, 2.05) is 13.8 Å². The number of benzene rings is 2. The molecular weight excluding hydrogens is 282 g/mol. The Morgan fingerprint density at radius 1 is 1.05 bits per heavy atom. The van der Waals surface area contributed by atoms with E-state index in [2.05, 4.69) is 0 Å². The van der Waals surface area contributed by atoms with Crippen molar-refractivity contribution in [3.63, 3.8) is 0 Å². The quantitative estimate of drug-likeness (QED) is 0.731. The molecule has 2 rings (SSSR count). The number of halogens is 3. The van der Waals surface area contributed by atoms with E-state index >= 15 is 0 Å². The predicted octanol–water partition coefficient (Wildman–Crippen LogP) is 4.92. The van der Waals surface area contributed by atoms with Gasteiger partial charge in [0.2, 0.25) is 0 Å². The first-order valence-corrected chi connectivity index (χ1v) is 6.62. The summed E-state index contributed by atoms with van der Waals surface area (Å²) in [5.41, 5.74) is 3.08. The van der Waals surface area contributed by atoms with Gasteiger partial charge in [0.25, 0.3) is 0 Å². The number of aryl methyl sites for hydroxylation is 2. The van der Waals surface area contributed by atoms with E-state index in [0.29, 0.717) is 5.56 Å². The molecule has 0 radical (unpaired) electrons. The van der Waals surface area contributed by atoms with Crippen LogP contribution in [0.1, 0.15) is 27.6 Å². The third-order valence-corrected chi connectivity index (χ3v) is 3.75. The third kappa shape index (κ3) is 2.78. The fraction of sp³-hybridized carbons (Fsp3) is 0.250. The molecule has 1 unspecified atom stereocenters. The molecule has 0 aliphatic rings. The van der Waals surface area contributed by atoms with Crippen molar-refractivity contribution >= 4 is 11.6 Å². The Bertz CT molecular complexity index is 617. The molecule has 20 heavy (non-hydrogen) atoms. The zero-order valence-corrected chi connectivity index (χ0v) is 12.3. The van der Waals surface area contributed by atoms with Crippen molar-refractivity contribution in [2.45, 2.75) is 19.2 Å². The molecule has 106 valence electrons. The van der Waals surface area contributed by atoms with E-state index in [0.717, 1.165) is 16.7 Å². The number of hydrogen-bond acceptors (Lipinski definition) is 1. The van der Waals surface area contributed by atoms with Gasteiger partial charge in [0.05, 0.1) is 12.5 Å². The average Bonchev–Trinajstić information content (AvgIpc) is 2.37. The summed E-state index contributed by atoms with van der Waals surface area (Å²) in [5, 5.41) is -0.481. The number of hydrogen-bond donors (Lipinski definition) is 0. The van der Waals surface area contributed by atoms with E-state index in [9.17, 15) is 8.78 Å². The van der Waals surface area contributed by atoms with Crippen molar-refractivity contribution in [1.82, 2.24) is 0 Å². The molecular formula is C16H15ClF2O. The fourth-order valence-corrected chi connectivity index (χ4v) is 2.80. The second-order valence-corrected chi connectivity index (χ2v) is 5.15. The SMILES string of the molecule is COc1cc(C(Cl)c2c(C)cc(F)cc2C)ccc1F. The second-order valence-electron chi connectivity index (χ2n) is 4.71. The van der Waals surface area contributed by atoms with Crippen LogP contribution < -0.4 is 4.74 Å². The predicted molar refractivity (Wildman–Crippen MR) is 76.5 cm³/mol. The molecule has 1 nitrogen and oxygen atoms in total. The van der Waals surface area contributed by atoms with Crippen LogP contribution >= 0.6 is 11.6 Å². The summed E-state index contributed by atoms with van der Waals surface area (Å²) in [7, 11) is 1.40. The van der Waals surface area contributed by atoms with Crippen molar-refractivity contribution < 1.29 is 13.5 Å². The van der Waals surface area contributed by atoms with Crippen LogP contribution in [0.4, 0.5) is 8.78 Å². The Kier molecular flexibility index (Phi) is 4.29. The zero-order chi connectivity index (χ0) is 14.9. The molecule has 0 aliphatic heterocycles. The topological polar surface area (TPSA) is 9.23 Å². The minimum atomic E-state index is -0.481. The van der Waals surface area contributed by atoms with Gasteiger partial charge in [-0.3, -0.25) is 0 Å². The summed E-state index contributed by atoms with van der Waals surface area (Å²) in [4.78, 5) is 0. The zero-order valence-electron chi connectivity index (χ0n) is 11.5. The summed E-state index contributed by atoms with van der Waals surface area (Å²) < 4.78 is 31.7. The van der Waals surface area contributed by atoms with Gasteiger partial charge in [-0.25, -0.2) is 8.78 Å². The van der Waals surface area contributed by atoms with Gasteiger partial charge in [-0.2, -0.15) is 0 Å². The monoisotopic (exact) mass is 296 g/mol. The van der Waals surface area contributed by atoms with E-state index in [-0.39, 0.29) is 11.6 Å². The molecule has 0 aliphatic carbocycles.